The van der Waals surface area contributed by atoms with Gasteiger partial charge in [-0.05, 0) is 74.2 Å². The van der Waals surface area contributed by atoms with Crippen molar-refractivity contribution in [2.75, 3.05) is 13.7 Å². The number of hydrazone groups is 1. The van der Waals surface area contributed by atoms with E-state index in [0.29, 0.717) is 5.75 Å². The lowest BCUT2D eigenvalue weighted by Gasteiger charge is -2.10. The minimum absolute atomic E-state index is 0.143. The van der Waals surface area contributed by atoms with Gasteiger partial charge in [-0.2, -0.15) is 5.10 Å². The van der Waals surface area contributed by atoms with Crippen LogP contribution in [-0.2, 0) is 4.79 Å². The van der Waals surface area contributed by atoms with Gasteiger partial charge in [0.1, 0.15) is 11.5 Å². The van der Waals surface area contributed by atoms with Crippen molar-refractivity contribution in [1.82, 2.24) is 5.43 Å². The normalized spacial score (nSPS) is 10.7. The van der Waals surface area contributed by atoms with E-state index in [1.54, 1.807) is 7.11 Å². The second kappa shape index (κ2) is 8.84. The maximum atomic E-state index is 11.8. The highest BCUT2D eigenvalue weighted by atomic mass is 79.9. The number of methoxy groups -OCH3 is 1. The van der Waals surface area contributed by atoms with Crippen LogP contribution in [0.5, 0.6) is 11.5 Å². The third-order valence-corrected chi connectivity index (χ3v) is 4.16. The van der Waals surface area contributed by atoms with Gasteiger partial charge >= 0.3 is 0 Å². The number of rotatable bonds is 6. The smallest absolute Gasteiger partial charge is 0.277 e. The standard InChI is InChI=1S/C17H16Br2N2O3/c1-11-6-14(18)17(15(19)7-11)24-10-16(22)21-20-9-12-4-3-5-13(8-12)23-2/h3-9H,10H2,1-2H3,(H,21,22)/b20-9+. The Balaban J connectivity index is 1.89. The highest BCUT2D eigenvalue weighted by molar-refractivity contribution is 9.11. The van der Waals surface area contributed by atoms with Crippen molar-refractivity contribution in [3.8, 4) is 11.5 Å². The van der Waals surface area contributed by atoms with E-state index >= 15 is 0 Å². The Morgan fingerprint density at radius 2 is 1.96 bits per heavy atom. The van der Waals surface area contributed by atoms with Crippen LogP contribution in [0.25, 0.3) is 0 Å². The van der Waals surface area contributed by atoms with E-state index in [-0.39, 0.29) is 12.5 Å². The quantitative estimate of drug-likeness (QED) is 0.527. The third kappa shape index (κ3) is 5.35. The van der Waals surface area contributed by atoms with Crippen LogP contribution in [0, 0.1) is 6.92 Å². The number of carbonyl (C=O) groups is 1. The van der Waals surface area contributed by atoms with Crippen LogP contribution in [0.2, 0.25) is 0 Å². The fraction of sp³-hybridized carbons (Fsp3) is 0.176. The molecule has 0 atom stereocenters. The molecule has 0 aliphatic heterocycles. The molecular weight excluding hydrogens is 440 g/mol. The number of nitrogens with zero attached hydrogens (tertiary/aromatic N) is 1. The van der Waals surface area contributed by atoms with Crippen LogP contribution < -0.4 is 14.9 Å². The monoisotopic (exact) mass is 454 g/mol. The fourth-order valence-corrected chi connectivity index (χ4v) is 3.54. The Labute approximate surface area is 157 Å². The summed E-state index contributed by atoms with van der Waals surface area (Å²) >= 11 is 6.83. The van der Waals surface area contributed by atoms with E-state index < -0.39 is 0 Å². The number of halogens is 2. The van der Waals surface area contributed by atoms with E-state index in [4.69, 9.17) is 9.47 Å². The van der Waals surface area contributed by atoms with Crippen LogP contribution in [0.15, 0.2) is 50.4 Å². The van der Waals surface area contributed by atoms with Crippen LogP contribution in [0.3, 0.4) is 0 Å². The average Bonchev–Trinajstić information content (AvgIpc) is 2.54. The molecule has 2 rings (SSSR count). The van der Waals surface area contributed by atoms with Crippen molar-refractivity contribution < 1.29 is 14.3 Å². The van der Waals surface area contributed by atoms with Gasteiger partial charge in [-0.3, -0.25) is 4.79 Å². The lowest BCUT2D eigenvalue weighted by molar-refractivity contribution is -0.123. The summed E-state index contributed by atoms with van der Waals surface area (Å²) in [5, 5.41) is 3.90. The first kappa shape index (κ1) is 18.5. The van der Waals surface area contributed by atoms with Gasteiger partial charge in [0.25, 0.3) is 5.91 Å². The molecule has 0 aromatic heterocycles. The molecule has 2 aromatic rings. The SMILES string of the molecule is COc1cccc(/C=N/NC(=O)COc2c(Br)cc(C)cc2Br)c1. The zero-order chi connectivity index (χ0) is 17.5. The number of hydrogen-bond donors (Lipinski definition) is 1. The van der Waals surface area contributed by atoms with Crippen molar-refractivity contribution in [2.45, 2.75) is 6.92 Å². The van der Waals surface area contributed by atoms with Crippen molar-refractivity contribution in [3.63, 3.8) is 0 Å². The number of benzene rings is 2. The van der Waals surface area contributed by atoms with Gasteiger partial charge in [0.05, 0.1) is 22.3 Å². The van der Waals surface area contributed by atoms with E-state index in [1.165, 1.54) is 6.21 Å². The second-order valence-electron chi connectivity index (χ2n) is 4.92. The largest absolute Gasteiger partial charge is 0.497 e. The Kier molecular flexibility index (Phi) is 6.81. The van der Waals surface area contributed by atoms with Gasteiger partial charge in [-0.25, -0.2) is 5.43 Å². The van der Waals surface area contributed by atoms with Crippen molar-refractivity contribution in [2.24, 2.45) is 5.10 Å². The number of carbonyl (C=O) groups excluding carboxylic acids is 1. The van der Waals surface area contributed by atoms with Gasteiger partial charge in [0.2, 0.25) is 0 Å². The lowest BCUT2D eigenvalue weighted by Crippen LogP contribution is -2.24. The molecule has 0 aliphatic carbocycles. The zero-order valence-corrected chi connectivity index (χ0v) is 16.3. The lowest BCUT2D eigenvalue weighted by atomic mass is 10.2. The predicted octanol–water partition coefficient (Wildman–Crippen LogP) is 4.06. The van der Waals surface area contributed by atoms with Crippen molar-refractivity contribution in [1.29, 1.82) is 0 Å². The number of hydrogen-bond acceptors (Lipinski definition) is 4. The number of aryl methyl sites for hydroxylation is 1. The molecule has 0 spiro atoms. The molecule has 24 heavy (non-hydrogen) atoms. The molecule has 0 aliphatic rings. The molecule has 1 N–H and O–H groups in total. The summed E-state index contributed by atoms with van der Waals surface area (Å²) in [6.07, 6.45) is 1.54. The highest BCUT2D eigenvalue weighted by Gasteiger charge is 2.09. The molecule has 0 heterocycles. The number of amides is 1. The van der Waals surface area contributed by atoms with Gasteiger partial charge in [-0.15, -0.1) is 0 Å². The molecule has 0 bridgehead atoms. The van der Waals surface area contributed by atoms with E-state index in [2.05, 4.69) is 42.4 Å². The van der Waals surface area contributed by atoms with E-state index in [9.17, 15) is 4.79 Å². The second-order valence-corrected chi connectivity index (χ2v) is 6.62. The van der Waals surface area contributed by atoms with Gasteiger partial charge < -0.3 is 9.47 Å². The molecule has 7 heteroatoms. The molecule has 126 valence electrons. The van der Waals surface area contributed by atoms with Gasteiger partial charge in [0, 0.05) is 0 Å². The number of ether oxygens (including phenoxy) is 2. The summed E-state index contributed by atoms with van der Waals surface area (Å²) in [6.45, 7) is 1.83. The van der Waals surface area contributed by atoms with E-state index in [0.717, 1.165) is 25.8 Å². The Morgan fingerprint density at radius 3 is 2.62 bits per heavy atom. The first-order valence-corrected chi connectivity index (χ1v) is 8.62. The highest BCUT2D eigenvalue weighted by Crippen LogP contribution is 2.34. The molecule has 2 aromatic carbocycles. The molecule has 1 amide bonds. The predicted molar refractivity (Wildman–Crippen MR) is 101 cm³/mol. The minimum Gasteiger partial charge on any atom is -0.497 e. The zero-order valence-electron chi connectivity index (χ0n) is 13.2. The maximum Gasteiger partial charge on any atom is 0.277 e. The number of nitrogens with one attached hydrogen (secondary N) is 1. The minimum atomic E-state index is -0.353. The van der Waals surface area contributed by atoms with Crippen molar-refractivity contribution >= 4 is 44.0 Å². The molecule has 0 fully saturated rings. The molecule has 0 unspecified atom stereocenters. The van der Waals surface area contributed by atoms with E-state index in [1.807, 2.05) is 43.3 Å². The molecule has 0 saturated carbocycles. The van der Waals surface area contributed by atoms with Crippen molar-refractivity contribution in [3.05, 3.63) is 56.5 Å². The fourth-order valence-electron chi connectivity index (χ4n) is 1.90. The topological polar surface area (TPSA) is 59.9 Å². The van der Waals surface area contributed by atoms with Crippen LogP contribution >= 0.6 is 31.9 Å². The Morgan fingerprint density at radius 1 is 1.25 bits per heavy atom. The summed E-state index contributed by atoms with van der Waals surface area (Å²) < 4.78 is 12.2. The first-order chi connectivity index (χ1) is 11.5. The van der Waals surface area contributed by atoms with Crippen LogP contribution in [-0.4, -0.2) is 25.8 Å². The molecule has 0 radical (unpaired) electrons. The molecular formula is C17H16Br2N2O3. The van der Waals surface area contributed by atoms with Crippen LogP contribution in [0.1, 0.15) is 11.1 Å². The Hall–Kier alpha value is -1.86. The van der Waals surface area contributed by atoms with Gasteiger partial charge in [-0.1, -0.05) is 12.1 Å². The van der Waals surface area contributed by atoms with Gasteiger partial charge in [0.15, 0.2) is 6.61 Å². The Bertz CT molecular complexity index is 740. The third-order valence-electron chi connectivity index (χ3n) is 2.99. The first-order valence-electron chi connectivity index (χ1n) is 7.04. The molecule has 5 nitrogen and oxygen atoms in total. The summed E-state index contributed by atoms with van der Waals surface area (Å²) in [6, 6.07) is 11.2. The average molecular weight is 456 g/mol. The molecule has 0 saturated heterocycles. The summed E-state index contributed by atoms with van der Waals surface area (Å²) in [5.74, 6) is 0.948. The summed E-state index contributed by atoms with van der Waals surface area (Å²) in [5.41, 5.74) is 4.32. The van der Waals surface area contributed by atoms with Crippen LogP contribution in [0.4, 0.5) is 0 Å². The summed E-state index contributed by atoms with van der Waals surface area (Å²) in [4.78, 5) is 11.8. The summed E-state index contributed by atoms with van der Waals surface area (Å²) in [7, 11) is 1.59. The maximum absolute atomic E-state index is 11.8.